The van der Waals surface area contributed by atoms with Crippen molar-refractivity contribution in [3.8, 4) is 0 Å². The predicted molar refractivity (Wildman–Crippen MR) is 145 cm³/mol. The first-order chi connectivity index (χ1) is 18.1. The number of benzene rings is 1. The molecule has 3 fully saturated rings. The summed E-state index contributed by atoms with van der Waals surface area (Å²) in [6, 6.07) is 13.9. The van der Waals surface area contributed by atoms with E-state index in [1.807, 2.05) is 36.4 Å². The van der Waals surface area contributed by atoms with Crippen LogP contribution >= 0.6 is 11.6 Å². The highest BCUT2D eigenvalue weighted by atomic mass is 35.5. The molecule has 3 aromatic heterocycles. The standard InChI is InChI=1S/C29H29ClN6O/c30-21-3-1-2-18(8-21)24-11-26(24)29(37)35-27-10-22(6-7-32-27)33-14-23-16-36-15-19(17-4-5-17)9-25(28(36)34-23)20-12-31-13-20/h1-3,6-10,15-17,20,24,26,31H,4-5,11-14H2,(H2,32,33,35,37)/t24?,26-/m0/s1. The molecule has 1 unspecified atom stereocenters. The Hall–Kier alpha value is -3.42. The maximum Gasteiger partial charge on any atom is 0.229 e. The van der Waals surface area contributed by atoms with E-state index >= 15 is 0 Å². The zero-order chi connectivity index (χ0) is 24.9. The number of pyridine rings is 2. The van der Waals surface area contributed by atoms with Crippen LogP contribution in [0.2, 0.25) is 5.02 Å². The van der Waals surface area contributed by atoms with E-state index in [2.05, 4.69) is 43.8 Å². The van der Waals surface area contributed by atoms with Crippen LogP contribution in [0, 0.1) is 5.92 Å². The Labute approximate surface area is 220 Å². The third kappa shape index (κ3) is 4.69. The van der Waals surface area contributed by atoms with Crippen LogP contribution < -0.4 is 16.0 Å². The number of rotatable bonds is 8. The Morgan fingerprint density at radius 2 is 1.97 bits per heavy atom. The van der Waals surface area contributed by atoms with Gasteiger partial charge in [0.1, 0.15) is 11.5 Å². The fourth-order valence-corrected chi connectivity index (χ4v) is 5.54. The average molecular weight is 513 g/mol. The summed E-state index contributed by atoms with van der Waals surface area (Å²) in [5.41, 5.74) is 6.87. The molecule has 1 amide bonds. The number of hydrogen-bond donors (Lipinski definition) is 3. The first kappa shape index (κ1) is 22.8. The predicted octanol–water partition coefficient (Wildman–Crippen LogP) is 5.30. The Kier molecular flexibility index (Phi) is 5.63. The molecule has 8 heteroatoms. The van der Waals surface area contributed by atoms with Gasteiger partial charge in [-0.15, -0.1) is 0 Å². The van der Waals surface area contributed by atoms with Crippen molar-refractivity contribution in [1.82, 2.24) is 19.7 Å². The van der Waals surface area contributed by atoms with Crippen molar-refractivity contribution in [3.63, 3.8) is 0 Å². The van der Waals surface area contributed by atoms with Crippen molar-refractivity contribution in [1.29, 1.82) is 0 Å². The van der Waals surface area contributed by atoms with Gasteiger partial charge in [-0.25, -0.2) is 9.97 Å². The molecule has 7 rings (SSSR count). The van der Waals surface area contributed by atoms with Gasteiger partial charge in [0.05, 0.1) is 12.2 Å². The van der Waals surface area contributed by atoms with E-state index in [0.29, 0.717) is 29.2 Å². The number of aromatic nitrogens is 3. The monoisotopic (exact) mass is 512 g/mol. The first-order valence-electron chi connectivity index (χ1n) is 13.1. The molecule has 1 saturated heterocycles. The molecular weight excluding hydrogens is 484 g/mol. The molecule has 2 aliphatic carbocycles. The topological polar surface area (TPSA) is 83.4 Å². The first-order valence-corrected chi connectivity index (χ1v) is 13.5. The minimum atomic E-state index is -0.0459. The lowest BCUT2D eigenvalue weighted by Gasteiger charge is -2.28. The van der Waals surface area contributed by atoms with Gasteiger partial charge in [0.25, 0.3) is 0 Å². The summed E-state index contributed by atoms with van der Waals surface area (Å²) in [5.74, 6) is 1.98. The molecular formula is C29H29ClN6O. The summed E-state index contributed by atoms with van der Waals surface area (Å²) in [7, 11) is 0. The van der Waals surface area contributed by atoms with Gasteiger partial charge < -0.3 is 20.4 Å². The van der Waals surface area contributed by atoms with Crippen LogP contribution in [0.4, 0.5) is 11.5 Å². The number of halogens is 1. The van der Waals surface area contributed by atoms with Gasteiger partial charge in [0.15, 0.2) is 0 Å². The molecule has 3 aliphatic rings. The lowest BCUT2D eigenvalue weighted by molar-refractivity contribution is -0.117. The highest BCUT2D eigenvalue weighted by Crippen LogP contribution is 2.48. The maximum absolute atomic E-state index is 12.8. The third-order valence-electron chi connectivity index (χ3n) is 7.81. The molecule has 0 radical (unpaired) electrons. The molecule has 4 aromatic rings. The average Bonchev–Trinajstić information content (AvgIpc) is 3.78. The van der Waals surface area contributed by atoms with E-state index in [9.17, 15) is 4.79 Å². The van der Waals surface area contributed by atoms with Gasteiger partial charge in [0, 0.05) is 65.9 Å². The van der Waals surface area contributed by atoms with Crippen molar-refractivity contribution in [2.45, 2.75) is 43.6 Å². The minimum Gasteiger partial charge on any atom is -0.379 e. The third-order valence-corrected chi connectivity index (χ3v) is 8.04. The number of amides is 1. The van der Waals surface area contributed by atoms with E-state index in [1.165, 1.54) is 24.0 Å². The molecule has 2 saturated carbocycles. The Bertz CT molecular complexity index is 1490. The fraction of sp³-hybridized carbons (Fsp3) is 0.345. The lowest BCUT2D eigenvalue weighted by atomic mass is 9.93. The van der Waals surface area contributed by atoms with Gasteiger partial charge in [-0.05, 0) is 66.5 Å². The zero-order valence-electron chi connectivity index (χ0n) is 20.5. The van der Waals surface area contributed by atoms with Crippen LogP contribution in [0.25, 0.3) is 5.65 Å². The van der Waals surface area contributed by atoms with Crippen LogP contribution in [0.3, 0.4) is 0 Å². The smallest absolute Gasteiger partial charge is 0.229 e. The molecule has 2 atom stereocenters. The Morgan fingerprint density at radius 1 is 1.08 bits per heavy atom. The second kappa shape index (κ2) is 9.15. The normalized spacial score (nSPS) is 21.0. The summed E-state index contributed by atoms with van der Waals surface area (Å²) in [5, 5.41) is 10.5. The second-order valence-electron chi connectivity index (χ2n) is 10.6. The highest BCUT2D eigenvalue weighted by Gasteiger charge is 2.44. The fourth-order valence-electron chi connectivity index (χ4n) is 5.34. The number of anilines is 2. The molecule has 0 bridgehead atoms. The number of carbonyl (C=O) groups is 1. The van der Waals surface area contributed by atoms with Gasteiger partial charge in [-0.1, -0.05) is 23.7 Å². The number of fused-ring (bicyclic) bond motifs is 1. The molecule has 0 spiro atoms. The Morgan fingerprint density at radius 3 is 2.76 bits per heavy atom. The van der Waals surface area contributed by atoms with Gasteiger partial charge >= 0.3 is 0 Å². The van der Waals surface area contributed by atoms with Crippen molar-refractivity contribution in [2.75, 3.05) is 23.7 Å². The Balaban J connectivity index is 1.02. The second-order valence-corrected chi connectivity index (χ2v) is 11.0. The van der Waals surface area contributed by atoms with Crippen LogP contribution in [-0.4, -0.2) is 33.4 Å². The van der Waals surface area contributed by atoms with E-state index < -0.39 is 0 Å². The van der Waals surface area contributed by atoms with Crippen molar-refractivity contribution in [3.05, 3.63) is 88.5 Å². The van der Waals surface area contributed by atoms with Crippen molar-refractivity contribution in [2.24, 2.45) is 5.92 Å². The van der Waals surface area contributed by atoms with Gasteiger partial charge in [-0.2, -0.15) is 0 Å². The van der Waals surface area contributed by atoms with Crippen LogP contribution in [0.15, 0.2) is 61.1 Å². The van der Waals surface area contributed by atoms with E-state index in [1.54, 1.807) is 6.20 Å². The number of hydrogen-bond acceptors (Lipinski definition) is 5. The van der Waals surface area contributed by atoms with Crippen LogP contribution in [0.5, 0.6) is 0 Å². The van der Waals surface area contributed by atoms with Crippen LogP contribution in [0.1, 0.15) is 59.4 Å². The summed E-state index contributed by atoms with van der Waals surface area (Å²) in [6.45, 7) is 2.65. The SMILES string of the molecule is O=C(Nc1cc(NCc2cn3cc(C4CC4)cc(C4CNC4)c3n2)ccn1)[C@H]1CC1c1cccc(Cl)c1. The zero-order valence-corrected chi connectivity index (χ0v) is 21.2. The lowest BCUT2D eigenvalue weighted by Crippen LogP contribution is -2.40. The van der Waals surface area contributed by atoms with Gasteiger partial charge in [-0.3, -0.25) is 4.79 Å². The summed E-state index contributed by atoms with van der Waals surface area (Å²) < 4.78 is 2.21. The molecule has 37 heavy (non-hydrogen) atoms. The molecule has 1 aromatic carbocycles. The highest BCUT2D eigenvalue weighted by molar-refractivity contribution is 6.30. The minimum absolute atomic E-state index is 0.000503. The molecule has 7 nitrogen and oxygen atoms in total. The molecule has 4 heterocycles. The molecule has 188 valence electrons. The summed E-state index contributed by atoms with van der Waals surface area (Å²) in [6.07, 6.45) is 9.52. The maximum atomic E-state index is 12.8. The quantitative estimate of drug-likeness (QED) is 0.298. The van der Waals surface area contributed by atoms with Gasteiger partial charge in [0.2, 0.25) is 5.91 Å². The number of nitrogens with one attached hydrogen (secondary N) is 3. The number of imidazole rings is 1. The van der Waals surface area contributed by atoms with E-state index in [0.717, 1.165) is 42.1 Å². The summed E-state index contributed by atoms with van der Waals surface area (Å²) in [4.78, 5) is 22.1. The molecule has 3 N–H and O–H groups in total. The van der Waals surface area contributed by atoms with E-state index in [-0.39, 0.29) is 17.7 Å². The van der Waals surface area contributed by atoms with E-state index in [4.69, 9.17) is 16.6 Å². The number of carbonyl (C=O) groups excluding carboxylic acids is 1. The largest absolute Gasteiger partial charge is 0.379 e. The molecule has 1 aliphatic heterocycles. The van der Waals surface area contributed by atoms with Crippen LogP contribution in [-0.2, 0) is 11.3 Å². The summed E-state index contributed by atoms with van der Waals surface area (Å²) >= 11 is 6.11. The van der Waals surface area contributed by atoms with Crippen molar-refractivity contribution >= 4 is 34.7 Å². The van der Waals surface area contributed by atoms with Crippen molar-refractivity contribution < 1.29 is 4.79 Å². The number of nitrogens with zero attached hydrogens (tertiary/aromatic N) is 3.